The number of aliphatic hydroxyl groups is 1. The smallest absolute Gasteiger partial charge is 0.345 e. The van der Waals surface area contributed by atoms with Crippen LogP contribution < -0.4 is 10.4 Å². The highest BCUT2D eigenvalue weighted by molar-refractivity contribution is 5.79. The highest BCUT2D eigenvalue weighted by Gasteiger charge is 2.10. The van der Waals surface area contributed by atoms with E-state index in [0.29, 0.717) is 67.6 Å². The van der Waals surface area contributed by atoms with Gasteiger partial charge < -0.3 is 28.5 Å². The van der Waals surface area contributed by atoms with Crippen molar-refractivity contribution in [3.63, 3.8) is 0 Å². The maximum absolute atomic E-state index is 12.4. The highest BCUT2D eigenvalue weighted by atomic mass is 16.6. The lowest BCUT2D eigenvalue weighted by Crippen LogP contribution is -2.13. The number of fused-ring (bicyclic) bond motifs is 1. The summed E-state index contributed by atoms with van der Waals surface area (Å²) in [7, 11) is 0. The summed E-state index contributed by atoms with van der Waals surface area (Å²) in [6, 6.07) is 14.0. The van der Waals surface area contributed by atoms with E-state index in [1.165, 1.54) is 0 Å². The van der Waals surface area contributed by atoms with Gasteiger partial charge in [0.2, 0.25) is 11.6 Å². The minimum Gasteiger partial charge on any atom is -0.475 e. The maximum atomic E-state index is 12.4. The molecule has 0 aliphatic heterocycles. The average Bonchev–Trinajstić information content (AvgIpc) is 2.82. The van der Waals surface area contributed by atoms with Crippen molar-refractivity contribution in [2.75, 3.05) is 52.9 Å². The fourth-order valence-electron chi connectivity index (χ4n) is 2.83. The van der Waals surface area contributed by atoms with Gasteiger partial charge in [0.1, 0.15) is 6.61 Å². The lowest BCUT2D eigenvalue weighted by molar-refractivity contribution is 0.00343. The third-order valence-corrected chi connectivity index (χ3v) is 4.33. The second-order valence-electron chi connectivity index (χ2n) is 6.59. The molecule has 168 valence electrons. The van der Waals surface area contributed by atoms with Crippen molar-refractivity contribution in [1.82, 2.24) is 4.98 Å². The van der Waals surface area contributed by atoms with Gasteiger partial charge in [0.25, 0.3) is 0 Å². The molecule has 0 spiro atoms. The van der Waals surface area contributed by atoms with Crippen molar-refractivity contribution in [3.8, 4) is 23.1 Å². The molecule has 0 aliphatic carbocycles. The topological polar surface area (TPSA) is 124 Å². The normalized spacial score (nSPS) is 10.9. The molecule has 0 unspecified atom stereocenters. The molecule has 9 heteroatoms. The zero-order valence-electron chi connectivity index (χ0n) is 17.5. The van der Waals surface area contributed by atoms with E-state index < -0.39 is 5.63 Å². The first-order valence-electron chi connectivity index (χ1n) is 10.1. The van der Waals surface area contributed by atoms with Gasteiger partial charge in [-0.3, -0.25) is 0 Å². The van der Waals surface area contributed by atoms with E-state index in [0.717, 1.165) is 0 Å². The Balaban J connectivity index is 1.48. The van der Waals surface area contributed by atoms with Gasteiger partial charge in [-0.15, -0.1) is 0 Å². The molecule has 0 atom stereocenters. The molecule has 0 radical (unpaired) electrons. The Kier molecular flexibility index (Phi) is 9.16. The van der Waals surface area contributed by atoms with Crippen LogP contribution in [0.2, 0.25) is 0 Å². The van der Waals surface area contributed by atoms with Crippen LogP contribution in [-0.2, 0) is 14.2 Å². The van der Waals surface area contributed by atoms with Gasteiger partial charge in [-0.25, -0.2) is 4.79 Å². The SMILES string of the molecule is N#Cc1cccc(-c2cc3ccc(OCCOCCOCCOCCO)nc3oc2=O)c1. The molecule has 2 heterocycles. The molecule has 32 heavy (non-hydrogen) atoms. The van der Waals surface area contributed by atoms with E-state index in [1.807, 2.05) is 0 Å². The van der Waals surface area contributed by atoms with Crippen molar-refractivity contribution in [2.45, 2.75) is 0 Å². The lowest BCUT2D eigenvalue weighted by Gasteiger charge is -2.08. The first-order chi connectivity index (χ1) is 15.7. The third-order valence-electron chi connectivity index (χ3n) is 4.33. The van der Waals surface area contributed by atoms with Crippen molar-refractivity contribution in [1.29, 1.82) is 5.26 Å². The van der Waals surface area contributed by atoms with E-state index in [4.69, 9.17) is 33.7 Å². The Morgan fingerprint density at radius 2 is 1.66 bits per heavy atom. The van der Waals surface area contributed by atoms with Crippen LogP contribution in [0.15, 0.2) is 51.7 Å². The van der Waals surface area contributed by atoms with Gasteiger partial charge in [-0.1, -0.05) is 12.1 Å². The molecule has 0 aliphatic rings. The van der Waals surface area contributed by atoms with Crippen LogP contribution in [0.25, 0.3) is 22.2 Å². The third kappa shape index (κ3) is 6.87. The predicted octanol–water partition coefficient (Wildman–Crippen LogP) is 2.15. The molecular formula is C23H24N2O7. The summed E-state index contributed by atoms with van der Waals surface area (Å²) in [6.07, 6.45) is 0. The maximum Gasteiger partial charge on any atom is 0.345 e. The summed E-state index contributed by atoms with van der Waals surface area (Å²) in [5.74, 6) is 0.320. The number of rotatable bonds is 13. The number of nitrogens with zero attached hydrogens (tertiary/aromatic N) is 2. The summed E-state index contributed by atoms with van der Waals surface area (Å²) in [4.78, 5) is 16.7. The number of ether oxygens (including phenoxy) is 4. The molecule has 0 amide bonds. The number of aliphatic hydroxyl groups excluding tert-OH is 1. The van der Waals surface area contributed by atoms with E-state index in [-0.39, 0.29) is 18.9 Å². The fraction of sp³-hybridized carbons (Fsp3) is 0.348. The van der Waals surface area contributed by atoms with Gasteiger partial charge >= 0.3 is 5.63 Å². The summed E-state index contributed by atoms with van der Waals surface area (Å²) < 4.78 is 26.7. The number of benzene rings is 1. The molecule has 1 N–H and O–H groups in total. The number of hydrogen-bond donors (Lipinski definition) is 1. The summed E-state index contributed by atoms with van der Waals surface area (Å²) in [6.45, 7) is 2.66. The standard InChI is InChI=1S/C23H24N2O7/c24-16-17-2-1-3-18(14-17)20-15-19-4-5-21(25-22(19)32-23(20)27)31-13-12-30-11-10-29-9-8-28-7-6-26/h1-5,14-15,26H,6-13H2. The van der Waals surface area contributed by atoms with E-state index >= 15 is 0 Å². The van der Waals surface area contributed by atoms with Gasteiger partial charge in [-0.05, 0) is 29.8 Å². The molecular weight excluding hydrogens is 416 g/mol. The molecule has 2 aromatic heterocycles. The van der Waals surface area contributed by atoms with E-state index in [1.54, 1.807) is 42.5 Å². The molecule has 3 aromatic rings. The minimum absolute atomic E-state index is 0.000149. The number of pyridine rings is 1. The fourth-order valence-corrected chi connectivity index (χ4v) is 2.83. The Bertz CT molecular complexity index is 1110. The van der Waals surface area contributed by atoms with Crippen molar-refractivity contribution < 1.29 is 28.5 Å². The molecule has 0 bridgehead atoms. The van der Waals surface area contributed by atoms with Gasteiger partial charge in [0.05, 0.1) is 63.4 Å². The largest absolute Gasteiger partial charge is 0.475 e. The van der Waals surface area contributed by atoms with Crippen LogP contribution in [0.1, 0.15) is 5.56 Å². The van der Waals surface area contributed by atoms with Crippen LogP contribution in [0.3, 0.4) is 0 Å². The van der Waals surface area contributed by atoms with E-state index in [9.17, 15) is 4.79 Å². The monoisotopic (exact) mass is 440 g/mol. The van der Waals surface area contributed by atoms with Crippen molar-refractivity contribution >= 4 is 11.1 Å². The Hall–Kier alpha value is -3.29. The van der Waals surface area contributed by atoms with Crippen LogP contribution in [0, 0.1) is 11.3 Å². The second kappa shape index (κ2) is 12.5. The first kappa shape index (κ1) is 23.4. The minimum atomic E-state index is -0.540. The van der Waals surface area contributed by atoms with Crippen LogP contribution >= 0.6 is 0 Å². The zero-order valence-corrected chi connectivity index (χ0v) is 17.5. The quantitative estimate of drug-likeness (QED) is 0.398. The predicted molar refractivity (Wildman–Crippen MR) is 115 cm³/mol. The highest BCUT2D eigenvalue weighted by Crippen LogP contribution is 2.22. The van der Waals surface area contributed by atoms with Crippen LogP contribution in [0.4, 0.5) is 0 Å². The number of nitriles is 1. The molecule has 0 fully saturated rings. The van der Waals surface area contributed by atoms with Gasteiger partial charge in [0.15, 0.2) is 0 Å². The molecule has 0 saturated carbocycles. The average molecular weight is 440 g/mol. The summed E-state index contributed by atoms with van der Waals surface area (Å²) in [5.41, 5.74) is 1.07. The van der Waals surface area contributed by atoms with E-state index in [2.05, 4.69) is 11.1 Å². The summed E-state index contributed by atoms with van der Waals surface area (Å²) >= 11 is 0. The zero-order chi connectivity index (χ0) is 22.6. The van der Waals surface area contributed by atoms with Crippen molar-refractivity contribution in [2.24, 2.45) is 0 Å². The Morgan fingerprint density at radius 1 is 0.938 bits per heavy atom. The Morgan fingerprint density at radius 3 is 2.38 bits per heavy atom. The molecule has 3 rings (SSSR count). The number of hydrogen-bond acceptors (Lipinski definition) is 9. The summed E-state index contributed by atoms with van der Waals surface area (Å²) in [5, 5.41) is 18.3. The van der Waals surface area contributed by atoms with Gasteiger partial charge in [-0.2, -0.15) is 10.2 Å². The molecule has 1 aromatic carbocycles. The van der Waals surface area contributed by atoms with Crippen molar-refractivity contribution in [3.05, 3.63) is 58.4 Å². The first-order valence-corrected chi connectivity index (χ1v) is 10.1. The van der Waals surface area contributed by atoms with Crippen LogP contribution in [-0.4, -0.2) is 62.9 Å². The molecule has 0 saturated heterocycles. The van der Waals surface area contributed by atoms with Crippen LogP contribution in [0.5, 0.6) is 5.88 Å². The lowest BCUT2D eigenvalue weighted by atomic mass is 10.0. The molecule has 9 nitrogen and oxygen atoms in total. The Labute approximate surface area is 184 Å². The van der Waals surface area contributed by atoms with Gasteiger partial charge in [0, 0.05) is 11.5 Å². The number of aromatic nitrogens is 1. The second-order valence-corrected chi connectivity index (χ2v) is 6.59.